The summed E-state index contributed by atoms with van der Waals surface area (Å²) >= 11 is 0. The average Bonchev–Trinajstić information content (AvgIpc) is 2.65. The van der Waals surface area contributed by atoms with E-state index in [1.54, 1.807) is 6.08 Å². The predicted molar refractivity (Wildman–Crippen MR) is 108 cm³/mol. The standard InChI is InChI=1S/C23H34O6/c1-7-21(3)12-14(25)18-17(19(21)26)15(29-13(2)24)11-16-22(18,4)9-8-10-23(16,5)20(27)28-6/h7,14-16,19,25-26H,1,8-12H2,2-6H3/t14-,15-,16-,19-,21-,22+,23-/m1/s1. The zero-order valence-corrected chi connectivity index (χ0v) is 18.2. The molecule has 0 aromatic carbocycles. The molecule has 1 fully saturated rings. The van der Waals surface area contributed by atoms with Crippen molar-refractivity contribution in [3.05, 3.63) is 23.8 Å². The third kappa shape index (κ3) is 3.15. The topological polar surface area (TPSA) is 93.1 Å². The summed E-state index contributed by atoms with van der Waals surface area (Å²) in [6.45, 7) is 11.0. The predicted octanol–water partition coefficient (Wildman–Crippen LogP) is 2.92. The first-order valence-electron chi connectivity index (χ1n) is 10.4. The van der Waals surface area contributed by atoms with Crippen LogP contribution in [-0.4, -0.2) is 47.6 Å². The molecule has 162 valence electrons. The Morgan fingerprint density at radius 2 is 1.86 bits per heavy atom. The van der Waals surface area contributed by atoms with Gasteiger partial charge in [0, 0.05) is 17.9 Å². The lowest BCUT2D eigenvalue weighted by molar-refractivity contribution is -0.168. The van der Waals surface area contributed by atoms with E-state index >= 15 is 0 Å². The lowest BCUT2D eigenvalue weighted by Crippen LogP contribution is -2.59. The van der Waals surface area contributed by atoms with Crippen LogP contribution in [0.3, 0.4) is 0 Å². The fourth-order valence-electron chi connectivity index (χ4n) is 6.43. The summed E-state index contributed by atoms with van der Waals surface area (Å²) in [4.78, 5) is 24.7. The second-order valence-corrected chi connectivity index (χ2v) is 9.77. The number of ether oxygens (including phenoxy) is 2. The molecule has 0 unspecified atom stereocenters. The SMILES string of the molecule is C=C[C@]1(C)C[C@@H](O)C2=C([C@H]1O)[C@H](OC(C)=O)C[C@H]1[C@](C)(C(=O)OC)CCC[C@]21C. The molecule has 0 aliphatic heterocycles. The Hall–Kier alpha value is -1.66. The second-order valence-electron chi connectivity index (χ2n) is 9.77. The van der Waals surface area contributed by atoms with Crippen molar-refractivity contribution in [3.63, 3.8) is 0 Å². The van der Waals surface area contributed by atoms with Crippen molar-refractivity contribution < 1.29 is 29.3 Å². The summed E-state index contributed by atoms with van der Waals surface area (Å²) in [5.41, 5.74) is -0.630. The third-order valence-electron chi connectivity index (χ3n) is 7.97. The van der Waals surface area contributed by atoms with Crippen molar-refractivity contribution in [3.8, 4) is 0 Å². The van der Waals surface area contributed by atoms with Gasteiger partial charge in [0.2, 0.25) is 0 Å². The summed E-state index contributed by atoms with van der Waals surface area (Å²) in [7, 11) is 1.39. The highest BCUT2D eigenvalue weighted by Crippen LogP contribution is 2.63. The zero-order chi connectivity index (χ0) is 21.8. The van der Waals surface area contributed by atoms with Crippen LogP contribution in [0.1, 0.15) is 59.8 Å². The van der Waals surface area contributed by atoms with Gasteiger partial charge in [-0.3, -0.25) is 9.59 Å². The number of fused-ring (bicyclic) bond motifs is 2. The molecule has 29 heavy (non-hydrogen) atoms. The Morgan fingerprint density at radius 1 is 1.21 bits per heavy atom. The number of aliphatic hydroxyl groups excluding tert-OH is 2. The molecule has 0 aromatic rings. The van der Waals surface area contributed by atoms with Crippen molar-refractivity contribution in [1.82, 2.24) is 0 Å². The second kappa shape index (κ2) is 7.24. The molecule has 1 saturated carbocycles. The molecule has 0 heterocycles. The molecule has 0 bridgehead atoms. The maximum atomic E-state index is 12.8. The van der Waals surface area contributed by atoms with Gasteiger partial charge in [0.05, 0.1) is 24.7 Å². The van der Waals surface area contributed by atoms with Gasteiger partial charge >= 0.3 is 11.9 Å². The maximum Gasteiger partial charge on any atom is 0.311 e. The molecule has 7 atom stereocenters. The fourth-order valence-corrected chi connectivity index (χ4v) is 6.43. The molecule has 6 heteroatoms. The number of hydrogen-bond donors (Lipinski definition) is 2. The van der Waals surface area contributed by atoms with Gasteiger partial charge in [-0.1, -0.05) is 26.3 Å². The minimum absolute atomic E-state index is 0.172. The van der Waals surface area contributed by atoms with E-state index in [0.29, 0.717) is 24.8 Å². The van der Waals surface area contributed by atoms with Crippen molar-refractivity contribution in [1.29, 1.82) is 0 Å². The van der Waals surface area contributed by atoms with Crippen molar-refractivity contribution in [2.24, 2.45) is 22.2 Å². The highest BCUT2D eigenvalue weighted by Gasteiger charge is 2.62. The smallest absolute Gasteiger partial charge is 0.311 e. The van der Waals surface area contributed by atoms with Gasteiger partial charge in [-0.05, 0) is 49.5 Å². The molecule has 0 radical (unpaired) electrons. The van der Waals surface area contributed by atoms with Crippen LogP contribution in [0.25, 0.3) is 0 Å². The van der Waals surface area contributed by atoms with Crippen LogP contribution in [0.15, 0.2) is 23.8 Å². The molecule has 0 saturated heterocycles. The molecule has 6 nitrogen and oxygen atoms in total. The molecule has 3 aliphatic rings. The highest BCUT2D eigenvalue weighted by atomic mass is 16.5. The van der Waals surface area contributed by atoms with E-state index in [-0.39, 0.29) is 11.9 Å². The quantitative estimate of drug-likeness (QED) is 0.553. The first-order valence-corrected chi connectivity index (χ1v) is 10.4. The Bertz CT molecular complexity index is 756. The van der Waals surface area contributed by atoms with E-state index < -0.39 is 40.5 Å². The van der Waals surface area contributed by atoms with Crippen LogP contribution < -0.4 is 0 Å². The van der Waals surface area contributed by atoms with Crippen molar-refractivity contribution in [2.75, 3.05) is 7.11 Å². The normalized spacial score (nSPS) is 44.4. The lowest BCUT2D eigenvalue weighted by Gasteiger charge is -2.59. The maximum absolute atomic E-state index is 12.8. The molecule has 2 N–H and O–H groups in total. The molecule has 3 aliphatic carbocycles. The van der Waals surface area contributed by atoms with E-state index in [9.17, 15) is 19.8 Å². The molecule has 3 rings (SSSR count). The van der Waals surface area contributed by atoms with Gasteiger partial charge in [-0.15, -0.1) is 6.58 Å². The number of carbonyl (C=O) groups excluding carboxylic acids is 2. The van der Waals surface area contributed by atoms with Gasteiger partial charge in [-0.2, -0.15) is 0 Å². The van der Waals surface area contributed by atoms with Gasteiger partial charge < -0.3 is 19.7 Å². The minimum atomic E-state index is -0.910. The Balaban J connectivity index is 2.23. The van der Waals surface area contributed by atoms with Crippen molar-refractivity contribution in [2.45, 2.75) is 78.1 Å². The van der Waals surface area contributed by atoms with Crippen LogP contribution in [-0.2, 0) is 19.1 Å². The van der Waals surface area contributed by atoms with Crippen LogP contribution in [0.4, 0.5) is 0 Å². The van der Waals surface area contributed by atoms with E-state index in [0.717, 1.165) is 18.4 Å². The summed E-state index contributed by atoms with van der Waals surface area (Å²) in [6, 6.07) is 0. The first kappa shape index (κ1) is 22.0. The van der Waals surface area contributed by atoms with E-state index in [2.05, 4.69) is 13.5 Å². The largest absolute Gasteiger partial charge is 0.469 e. The van der Waals surface area contributed by atoms with Crippen LogP contribution >= 0.6 is 0 Å². The first-order chi connectivity index (χ1) is 13.4. The Labute approximate surface area is 173 Å². The van der Waals surface area contributed by atoms with Gasteiger partial charge in [-0.25, -0.2) is 0 Å². The molecule has 0 spiro atoms. The van der Waals surface area contributed by atoms with Crippen molar-refractivity contribution >= 4 is 11.9 Å². The van der Waals surface area contributed by atoms with Crippen LogP contribution in [0, 0.1) is 22.2 Å². The number of esters is 2. The fraction of sp³-hybridized carbons (Fsp3) is 0.739. The molecule has 0 aromatic heterocycles. The Morgan fingerprint density at radius 3 is 2.41 bits per heavy atom. The van der Waals surface area contributed by atoms with E-state index in [1.165, 1.54) is 14.0 Å². The number of aliphatic hydroxyl groups is 2. The van der Waals surface area contributed by atoms with Crippen LogP contribution in [0.5, 0.6) is 0 Å². The summed E-state index contributed by atoms with van der Waals surface area (Å²) in [6.07, 6.45) is 2.31. The minimum Gasteiger partial charge on any atom is -0.469 e. The van der Waals surface area contributed by atoms with Gasteiger partial charge in [0.15, 0.2) is 0 Å². The number of carbonyl (C=O) groups is 2. The van der Waals surface area contributed by atoms with E-state index in [1.807, 2.05) is 13.8 Å². The summed E-state index contributed by atoms with van der Waals surface area (Å²) < 4.78 is 10.8. The van der Waals surface area contributed by atoms with E-state index in [4.69, 9.17) is 9.47 Å². The van der Waals surface area contributed by atoms with Gasteiger partial charge in [0.1, 0.15) is 6.10 Å². The number of hydrogen-bond acceptors (Lipinski definition) is 6. The molecule has 0 amide bonds. The van der Waals surface area contributed by atoms with Gasteiger partial charge in [0.25, 0.3) is 0 Å². The monoisotopic (exact) mass is 406 g/mol. The third-order valence-corrected chi connectivity index (χ3v) is 7.97. The number of rotatable bonds is 3. The molecular weight excluding hydrogens is 372 g/mol. The number of methoxy groups -OCH3 is 1. The average molecular weight is 407 g/mol. The Kier molecular flexibility index (Phi) is 5.50. The van der Waals surface area contributed by atoms with Crippen LogP contribution in [0.2, 0.25) is 0 Å². The molecular formula is C23H34O6. The lowest BCUT2D eigenvalue weighted by atomic mass is 9.46. The zero-order valence-electron chi connectivity index (χ0n) is 18.2. The summed E-state index contributed by atoms with van der Waals surface area (Å²) in [5.74, 6) is -0.899. The summed E-state index contributed by atoms with van der Waals surface area (Å²) in [5, 5.41) is 22.5. The highest BCUT2D eigenvalue weighted by molar-refractivity contribution is 5.77.